The van der Waals surface area contributed by atoms with Crippen LogP contribution < -0.4 is 9.47 Å². The topological polar surface area (TPSA) is 77.5 Å². The number of likely N-dealkylation sites (tertiary alicyclic amines) is 1. The Labute approximate surface area is 166 Å². The third kappa shape index (κ3) is 3.53. The third-order valence-electron chi connectivity index (χ3n) is 5.10. The third-order valence-corrected chi connectivity index (χ3v) is 5.76. The van der Waals surface area contributed by atoms with Gasteiger partial charge in [0, 0.05) is 41.5 Å². The molecule has 2 saturated heterocycles. The molecule has 1 spiro atoms. The predicted molar refractivity (Wildman–Crippen MR) is 101 cm³/mol. The molecule has 3 aliphatic heterocycles. The number of hydrogen-bond donors (Lipinski definition) is 1. The number of benzene rings is 1. The van der Waals surface area contributed by atoms with Gasteiger partial charge in [-0.05, 0) is 25.1 Å². The van der Waals surface area contributed by atoms with E-state index in [1.165, 1.54) is 4.90 Å². The Hall–Kier alpha value is -1.77. The van der Waals surface area contributed by atoms with Crippen molar-refractivity contribution < 1.29 is 28.8 Å². The standard InChI is InChI=1S/C19H22BrNO6/c1-2-24-15-10-12(17-25-7-8-26-17)9-13-14(20)11-19(27-16(13)15)3-5-21(6-4-19)18(22)23/h9-11,17H,2-8H2,1H3,(H,22,23). The molecule has 1 amide bonds. The van der Waals surface area contributed by atoms with Gasteiger partial charge in [0.05, 0.1) is 19.8 Å². The maximum Gasteiger partial charge on any atom is 0.407 e. The van der Waals surface area contributed by atoms with Crippen LogP contribution >= 0.6 is 15.9 Å². The molecule has 146 valence electrons. The van der Waals surface area contributed by atoms with E-state index in [0.717, 1.165) is 15.6 Å². The first-order valence-electron chi connectivity index (χ1n) is 9.11. The number of carboxylic acid groups (broad SMARTS) is 1. The zero-order valence-electron chi connectivity index (χ0n) is 15.1. The Morgan fingerprint density at radius 1 is 1.33 bits per heavy atom. The van der Waals surface area contributed by atoms with Crippen LogP contribution in [-0.4, -0.2) is 54.6 Å². The summed E-state index contributed by atoms with van der Waals surface area (Å²) in [5, 5.41) is 9.20. The molecule has 1 aromatic rings. The van der Waals surface area contributed by atoms with E-state index in [2.05, 4.69) is 15.9 Å². The highest BCUT2D eigenvalue weighted by atomic mass is 79.9. The Balaban J connectivity index is 1.68. The van der Waals surface area contributed by atoms with E-state index in [0.29, 0.717) is 57.3 Å². The van der Waals surface area contributed by atoms with Crippen molar-refractivity contribution in [1.29, 1.82) is 0 Å². The van der Waals surface area contributed by atoms with Crippen molar-refractivity contribution >= 4 is 26.5 Å². The molecule has 3 aliphatic rings. The summed E-state index contributed by atoms with van der Waals surface area (Å²) >= 11 is 3.68. The maximum atomic E-state index is 11.2. The number of carbonyl (C=O) groups is 1. The van der Waals surface area contributed by atoms with Crippen LogP contribution in [0.25, 0.3) is 4.48 Å². The van der Waals surface area contributed by atoms with Crippen molar-refractivity contribution in [1.82, 2.24) is 4.90 Å². The molecule has 0 saturated carbocycles. The lowest BCUT2D eigenvalue weighted by Crippen LogP contribution is -2.49. The van der Waals surface area contributed by atoms with E-state index >= 15 is 0 Å². The second kappa shape index (κ2) is 7.33. The van der Waals surface area contributed by atoms with E-state index in [9.17, 15) is 9.90 Å². The Bertz CT molecular complexity index is 766. The van der Waals surface area contributed by atoms with Crippen LogP contribution in [0.5, 0.6) is 11.5 Å². The highest BCUT2D eigenvalue weighted by molar-refractivity contribution is 9.15. The van der Waals surface area contributed by atoms with E-state index in [4.69, 9.17) is 18.9 Å². The Morgan fingerprint density at radius 2 is 2.04 bits per heavy atom. The van der Waals surface area contributed by atoms with Crippen LogP contribution in [0.4, 0.5) is 4.79 Å². The summed E-state index contributed by atoms with van der Waals surface area (Å²) in [5.41, 5.74) is 1.24. The summed E-state index contributed by atoms with van der Waals surface area (Å²) in [6.45, 7) is 4.45. The fraction of sp³-hybridized carbons (Fsp3) is 0.526. The number of hydrogen-bond acceptors (Lipinski definition) is 5. The molecule has 0 radical (unpaired) electrons. The second-order valence-corrected chi connectivity index (χ2v) is 7.69. The summed E-state index contributed by atoms with van der Waals surface area (Å²) in [5.74, 6) is 1.32. The quantitative estimate of drug-likeness (QED) is 0.771. The molecule has 0 aliphatic carbocycles. The molecule has 27 heavy (non-hydrogen) atoms. The highest BCUT2D eigenvalue weighted by Crippen LogP contribution is 2.49. The molecule has 2 fully saturated rings. The molecule has 1 aromatic carbocycles. The summed E-state index contributed by atoms with van der Waals surface area (Å²) in [6.07, 6.45) is 1.95. The molecule has 4 rings (SSSR count). The maximum absolute atomic E-state index is 11.2. The van der Waals surface area contributed by atoms with Gasteiger partial charge in [-0.25, -0.2) is 4.79 Å². The number of fused-ring (bicyclic) bond motifs is 1. The Morgan fingerprint density at radius 3 is 2.67 bits per heavy atom. The number of halogens is 1. The van der Waals surface area contributed by atoms with Crippen molar-refractivity contribution in [2.75, 3.05) is 32.9 Å². The van der Waals surface area contributed by atoms with Gasteiger partial charge in [0.15, 0.2) is 17.8 Å². The first-order valence-corrected chi connectivity index (χ1v) is 9.90. The number of nitrogens with zero attached hydrogens (tertiary/aromatic N) is 1. The van der Waals surface area contributed by atoms with Crippen molar-refractivity contribution in [2.24, 2.45) is 0 Å². The van der Waals surface area contributed by atoms with Gasteiger partial charge >= 0.3 is 6.09 Å². The minimum Gasteiger partial charge on any atom is -0.490 e. The van der Waals surface area contributed by atoms with Gasteiger partial charge in [0.25, 0.3) is 0 Å². The largest absolute Gasteiger partial charge is 0.490 e. The van der Waals surface area contributed by atoms with E-state index in [-0.39, 0.29) is 0 Å². The molecule has 7 nitrogen and oxygen atoms in total. The summed E-state index contributed by atoms with van der Waals surface area (Å²) in [7, 11) is 0. The van der Waals surface area contributed by atoms with Crippen LogP contribution in [0.1, 0.15) is 37.2 Å². The molecule has 8 heteroatoms. The number of ether oxygens (including phenoxy) is 4. The zero-order valence-corrected chi connectivity index (χ0v) is 16.7. The van der Waals surface area contributed by atoms with Gasteiger partial charge in [-0.3, -0.25) is 0 Å². The average Bonchev–Trinajstić information content (AvgIpc) is 3.17. The van der Waals surface area contributed by atoms with Gasteiger partial charge in [0.2, 0.25) is 0 Å². The van der Waals surface area contributed by atoms with Gasteiger partial charge in [-0.1, -0.05) is 15.9 Å². The molecule has 0 aromatic heterocycles. The summed E-state index contributed by atoms with van der Waals surface area (Å²) in [6, 6.07) is 3.90. The molecule has 0 unspecified atom stereocenters. The lowest BCUT2D eigenvalue weighted by molar-refractivity contribution is -0.0443. The van der Waals surface area contributed by atoms with Crippen LogP contribution in [0, 0.1) is 0 Å². The van der Waals surface area contributed by atoms with Crippen molar-refractivity contribution in [3.05, 3.63) is 29.3 Å². The van der Waals surface area contributed by atoms with E-state index in [1.54, 1.807) is 0 Å². The molecular weight excluding hydrogens is 418 g/mol. The normalized spacial score (nSPS) is 21.6. The van der Waals surface area contributed by atoms with E-state index < -0.39 is 18.0 Å². The molecule has 0 atom stereocenters. The fourth-order valence-electron chi connectivity index (χ4n) is 3.72. The van der Waals surface area contributed by atoms with Crippen molar-refractivity contribution in [3.63, 3.8) is 0 Å². The molecule has 0 bridgehead atoms. The van der Waals surface area contributed by atoms with Crippen LogP contribution in [0.3, 0.4) is 0 Å². The predicted octanol–water partition coefficient (Wildman–Crippen LogP) is 3.77. The zero-order chi connectivity index (χ0) is 19.0. The summed E-state index contributed by atoms with van der Waals surface area (Å²) in [4.78, 5) is 12.6. The smallest absolute Gasteiger partial charge is 0.407 e. The average molecular weight is 440 g/mol. The van der Waals surface area contributed by atoms with Crippen LogP contribution in [0.15, 0.2) is 18.2 Å². The second-order valence-electron chi connectivity index (χ2n) is 6.83. The van der Waals surface area contributed by atoms with Gasteiger partial charge < -0.3 is 29.0 Å². The number of rotatable bonds is 3. The lowest BCUT2D eigenvalue weighted by atomic mass is 9.87. The van der Waals surface area contributed by atoms with Crippen molar-refractivity contribution in [2.45, 2.75) is 31.7 Å². The van der Waals surface area contributed by atoms with Crippen molar-refractivity contribution in [3.8, 4) is 11.5 Å². The van der Waals surface area contributed by atoms with Crippen LogP contribution in [0.2, 0.25) is 0 Å². The first kappa shape index (κ1) is 18.6. The first-order chi connectivity index (χ1) is 13.0. The monoisotopic (exact) mass is 439 g/mol. The fourth-order valence-corrected chi connectivity index (χ4v) is 4.43. The summed E-state index contributed by atoms with van der Waals surface area (Å²) < 4.78 is 24.5. The van der Waals surface area contributed by atoms with E-state index in [1.807, 2.05) is 25.1 Å². The molecule has 3 heterocycles. The molecule has 1 N–H and O–H groups in total. The number of amides is 1. The number of piperidine rings is 1. The lowest BCUT2D eigenvalue weighted by Gasteiger charge is -2.42. The van der Waals surface area contributed by atoms with Gasteiger partial charge in [0.1, 0.15) is 5.60 Å². The molecular formula is C19H22BrNO6. The van der Waals surface area contributed by atoms with Gasteiger partial charge in [-0.2, -0.15) is 0 Å². The Kier molecular flexibility index (Phi) is 5.05. The minimum atomic E-state index is -0.889. The van der Waals surface area contributed by atoms with Crippen LogP contribution in [-0.2, 0) is 9.47 Å². The highest BCUT2D eigenvalue weighted by Gasteiger charge is 2.41. The SMILES string of the molecule is CCOc1cc(C2OCCO2)cc2c1OC1(C=C2Br)CCN(C(=O)O)CC1. The minimum absolute atomic E-state index is 0.399. The van der Waals surface area contributed by atoms with Gasteiger partial charge in [-0.15, -0.1) is 0 Å².